The van der Waals surface area contributed by atoms with Crippen molar-refractivity contribution >= 4 is 23.8 Å². The number of nitrogens with zero attached hydrogens (tertiary/aromatic N) is 17. The Hall–Kier alpha value is -6.42. The number of rotatable bonds is 61. The van der Waals surface area contributed by atoms with Crippen LogP contribution in [0.3, 0.4) is 0 Å². The van der Waals surface area contributed by atoms with Gasteiger partial charge in [0.1, 0.15) is 6.61 Å². The number of azide groups is 4. The third-order valence-corrected chi connectivity index (χ3v) is 10.9. The average Bonchev–Trinajstić information content (AvgIpc) is 0.755. The number of carbonyl (C=O) groups is 1. The van der Waals surface area contributed by atoms with Crippen molar-refractivity contribution < 1.29 is 133 Å². The molecule has 2 atom stereocenters. The molecule has 34 nitrogen and oxygen atoms in total. The monoisotopic (exact) mass is 1400 g/mol. The summed E-state index contributed by atoms with van der Waals surface area (Å²) in [6, 6.07) is 0. The van der Waals surface area contributed by atoms with E-state index in [0.717, 1.165) is 0 Å². The largest absolute Gasteiger partial charge is 0.457 e. The second-order valence-electron chi connectivity index (χ2n) is 17.8. The molecule has 2 unspecified atom stereocenters. The first-order valence-electron chi connectivity index (χ1n) is 28.0. The normalized spacial score (nSPS) is 13.0. The molecule has 0 aliphatic carbocycles. The van der Waals surface area contributed by atoms with Gasteiger partial charge in [-0.15, -0.1) is 0 Å². The standard InChI is InChI=1S/C46H73F14N19O15/c47-41(48,44(53,54)55)35-93-43(52,45(56,57)58)46(59,60)94-36(42(49,50)51)37(80)65-1-2-66-38-71-39(78(7-15-85-23-31-89-27-19-81-11-3-67-74-61)8-16-86-24-32-90-28-20-82-12-4-68-75-62)73-40(72-38)79(9-17-87-25-33-91-29-21-83-13-5-69-76-63)10-18-88-26-34-92-30-22-84-14-6-70-77-64/h36H,1-35H2,(H,65,80)(H,66,71,72,73). The Morgan fingerprint density at radius 1 is 0.426 bits per heavy atom. The summed E-state index contributed by atoms with van der Waals surface area (Å²) in [7, 11) is 0. The number of ether oxygens (including phenoxy) is 14. The predicted octanol–water partition coefficient (Wildman–Crippen LogP) is 6.44. The third kappa shape index (κ3) is 38.8. The Morgan fingerprint density at radius 3 is 1.00 bits per heavy atom. The lowest BCUT2D eigenvalue weighted by Gasteiger charge is -2.36. The molecule has 94 heavy (non-hydrogen) atoms. The smallest absolute Gasteiger partial charge is 0.379 e. The maximum Gasteiger partial charge on any atom is 0.457 e. The number of hydrogen-bond acceptors (Lipinski definition) is 25. The van der Waals surface area contributed by atoms with Crippen LogP contribution < -0.4 is 20.4 Å². The molecule has 0 saturated carbocycles. The van der Waals surface area contributed by atoms with Gasteiger partial charge in [0, 0.05) is 85.1 Å². The van der Waals surface area contributed by atoms with E-state index in [2.05, 4.69) is 69.8 Å². The first kappa shape index (κ1) is 85.6. The number of carbonyl (C=O) groups excluding carboxylic acids is 1. The van der Waals surface area contributed by atoms with Gasteiger partial charge in [-0.2, -0.15) is 76.4 Å². The number of amides is 1. The van der Waals surface area contributed by atoms with Crippen molar-refractivity contribution in [2.75, 3.05) is 246 Å². The molecule has 0 aromatic carbocycles. The van der Waals surface area contributed by atoms with Gasteiger partial charge in [0.05, 0.1) is 159 Å². The highest BCUT2D eigenvalue weighted by molar-refractivity contribution is 5.81. The van der Waals surface area contributed by atoms with Crippen molar-refractivity contribution in [2.45, 2.75) is 42.5 Å². The van der Waals surface area contributed by atoms with Crippen LogP contribution in [-0.2, 0) is 71.1 Å². The molecule has 0 radical (unpaired) electrons. The zero-order chi connectivity index (χ0) is 69.9. The van der Waals surface area contributed by atoms with Gasteiger partial charge in [0.25, 0.3) is 5.91 Å². The number of nitrogens with one attached hydrogen (secondary N) is 2. The summed E-state index contributed by atoms with van der Waals surface area (Å²) < 4.78 is 264. The van der Waals surface area contributed by atoms with Crippen LogP contribution in [-0.4, -0.2) is 294 Å². The SMILES string of the molecule is [N-]=[N+]=NCCOCCOCCOCCN(CCOCCOCCOCCN=[N+]=[N-])c1nc(NCCNC(=O)C(OC(F)(F)C(F)(OCC(F)(F)C(F)(F)F)C(F)(F)F)C(F)(F)F)nc(N(CCOCCOCCOCCN=[N+]=[N-])CCOCCOCCOCCN=[N+]=[N-])n1. The van der Waals surface area contributed by atoms with Gasteiger partial charge in [-0.05, 0) is 22.1 Å². The van der Waals surface area contributed by atoms with Crippen molar-refractivity contribution in [1.82, 2.24) is 20.3 Å². The van der Waals surface area contributed by atoms with Crippen LogP contribution in [0.5, 0.6) is 0 Å². The molecule has 1 aromatic rings. The number of alkyl halides is 14. The van der Waals surface area contributed by atoms with Gasteiger partial charge < -0.3 is 82.0 Å². The van der Waals surface area contributed by atoms with Gasteiger partial charge in [-0.3, -0.25) is 9.53 Å². The molecule has 0 bridgehead atoms. The van der Waals surface area contributed by atoms with Crippen molar-refractivity contribution in [3.63, 3.8) is 0 Å². The maximum atomic E-state index is 14.9. The van der Waals surface area contributed by atoms with Crippen LogP contribution >= 0.6 is 0 Å². The Balaban J connectivity index is 3.65. The van der Waals surface area contributed by atoms with E-state index in [0.29, 0.717) is 0 Å². The van der Waals surface area contributed by atoms with Gasteiger partial charge in [-0.1, -0.05) is 20.5 Å². The zero-order valence-corrected chi connectivity index (χ0v) is 50.3. The van der Waals surface area contributed by atoms with E-state index in [9.17, 15) is 66.3 Å². The topological polar surface area (TPSA) is 411 Å². The van der Waals surface area contributed by atoms with Crippen molar-refractivity contribution in [3.8, 4) is 0 Å². The summed E-state index contributed by atoms with van der Waals surface area (Å²) in [4.78, 5) is 39.8. The fourth-order valence-corrected chi connectivity index (χ4v) is 6.35. The molecule has 1 aromatic heterocycles. The molecule has 2 N–H and O–H groups in total. The molecule has 0 aliphatic heterocycles. The third-order valence-electron chi connectivity index (χ3n) is 10.9. The lowest BCUT2D eigenvalue weighted by atomic mass is 10.2. The van der Waals surface area contributed by atoms with Crippen LogP contribution in [0.1, 0.15) is 0 Å². The summed E-state index contributed by atoms with van der Waals surface area (Å²) in [5, 5.41) is 17.3. The van der Waals surface area contributed by atoms with Crippen molar-refractivity contribution in [1.29, 1.82) is 0 Å². The van der Waals surface area contributed by atoms with Crippen LogP contribution in [0.2, 0.25) is 0 Å². The minimum absolute atomic E-state index is 0.0216. The Bertz CT molecular complexity index is 2210. The zero-order valence-electron chi connectivity index (χ0n) is 50.3. The lowest BCUT2D eigenvalue weighted by Crippen LogP contribution is -2.63. The molecule has 0 saturated heterocycles. The molecule has 1 rings (SSSR count). The van der Waals surface area contributed by atoms with Crippen molar-refractivity contribution in [2.24, 2.45) is 20.5 Å². The van der Waals surface area contributed by atoms with E-state index in [4.69, 9.17) is 79.0 Å². The first-order valence-corrected chi connectivity index (χ1v) is 28.0. The van der Waals surface area contributed by atoms with E-state index < -0.39 is 74.1 Å². The summed E-state index contributed by atoms with van der Waals surface area (Å²) in [6.45, 7) is -3.13. The molecular weight excluding hydrogens is 1320 g/mol. The Kier molecular flexibility index (Phi) is 45.6. The molecular formula is C46H73F14N19O15. The predicted molar refractivity (Wildman–Crippen MR) is 294 cm³/mol. The number of halogens is 14. The minimum atomic E-state index is -7.38. The van der Waals surface area contributed by atoms with E-state index in [-0.39, 0.29) is 223 Å². The van der Waals surface area contributed by atoms with Crippen LogP contribution in [0, 0.1) is 0 Å². The molecule has 0 fully saturated rings. The van der Waals surface area contributed by atoms with E-state index >= 15 is 0 Å². The fraction of sp³-hybridized carbons (Fsp3) is 0.913. The van der Waals surface area contributed by atoms with Crippen molar-refractivity contribution in [3.05, 3.63) is 41.8 Å². The highest BCUT2D eigenvalue weighted by atomic mass is 19.4. The number of aromatic nitrogens is 3. The van der Waals surface area contributed by atoms with E-state index in [1.165, 1.54) is 15.1 Å². The molecule has 1 amide bonds. The molecule has 1 heterocycles. The van der Waals surface area contributed by atoms with Crippen LogP contribution in [0.15, 0.2) is 20.5 Å². The molecule has 48 heteroatoms. The first-order chi connectivity index (χ1) is 44.8. The Morgan fingerprint density at radius 2 is 0.723 bits per heavy atom. The van der Waals surface area contributed by atoms with E-state index in [1.54, 1.807) is 0 Å². The molecule has 540 valence electrons. The summed E-state index contributed by atoms with van der Waals surface area (Å²) in [6.07, 6.45) is -32.6. The summed E-state index contributed by atoms with van der Waals surface area (Å²) in [5.74, 6) is -17.1. The highest BCUT2D eigenvalue weighted by Gasteiger charge is 2.77. The van der Waals surface area contributed by atoms with Gasteiger partial charge >= 0.3 is 36.4 Å². The highest BCUT2D eigenvalue weighted by Crippen LogP contribution is 2.50. The average molecular weight is 1400 g/mol. The quantitative estimate of drug-likeness (QED) is 0.0233. The van der Waals surface area contributed by atoms with E-state index in [1.807, 2.05) is 0 Å². The minimum Gasteiger partial charge on any atom is -0.379 e. The number of hydrogen-bond donors (Lipinski definition) is 2. The van der Waals surface area contributed by atoms with Gasteiger partial charge in [-0.25, -0.2) is 0 Å². The summed E-state index contributed by atoms with van der Waals surface area (Å²) >= 11 is 0. The second-order valence-corrected chi connectivity index (χ2v) is 17.8. The molecule has 0 spiro atoms. The van der Waals surface area contributed by atoms with Gasteiger partial charge in [0.15, 0.2) is 0 Å². The second kappa shape index (κ2) is 50.0. The Labute approximate surface area is 526 Å². The lowest BCUT2D eigenvalue weighted by molar-refractivity contribution is -0.478. The van der Waals surface area contributed by atoms with Crippen LogP contribution in [0.4, 0.5) is 79.3 Å². The van der Waals surface area contributed by atoms with Crippen LogP contribution in [0.25, 0.3) is 41.8 Å². The maximum absolute atomic E-state index is 14.9. The van der Waals surface area contributed by atoms with Gasteiger partial charge in [0.2, 0.25) is 23.9 Å². The fourth-order valence-electron chi connectivity index (χ4n) is 6.35. The summed E-state index contributed by atoms with van der Waals surface area (Å²) in [5.41, 5.74) is 33.6. The number of anilines is 3. The molecule has 0 aliphatic rings.